The molecule has 0 saturated carbocycles. The number of pyridine rings is 1. The van der Waals surface area contributed by atoms with Crippen LogP contribution in [-0.4, -0.2) is 32.9 Å². The summed E-state index contributed by atoms with van der Waals surface area (Å²) in [6.07, 6.45) is 6.59. The first-order chi connectivity index (χ1) is 20.2. The minimum absolute atomic E-state index is 0.0359. The van der Waals surface area contributed by atoms with E-state index in [1.807, 2.05) is 54.5 Å². The van der Waals surface area contributed by atoms with Gasteiger partial charge in [0.2, 0.25) is 0 Å². The summed E-state index contributed by atoms with van der Waals surface area (Å²) in [4.78, 5) is 36.0. The Bertz CT molecular complexity index is 1670. The molecule has 1 unspecified atom stereocenters. The van der Waals surface area contributed by atoms with E-state index in [2.05, 4.69) is 39.0 Å². The van der Waals surface area contributed by atoms with E-state index in [0.29, 0.717) is 33.4 Å². The molecule has 1 atom stereocenters. The van der Waals surface area contributed by atoms with Gasteiger partial charge in [-0.05, 0) is 88.3 Å². The van der Waals surface area contributed by atoms with Crippen LogP contribution in [0.5, 0.6) is 0 Å². The molecular formula is C35H38ClN3O2S. The number of rotatable bonds is 7. The molecule has 1 saturated heterocycles. The fourth-order valence-electron chi connectivity index (χ4n) is 5.80. The zero-order valence-electron chi connectivity index (χ0n) is 25.0. The molecule has 0 bridgehead atoms. The average Bonchev–Trinajstić information content (AvgIpc) is 3.47. The molecule has 1 fully saturated rings. The quantitative estimate of drug-likeness (QED) is 0.213. The number of hydrogen-bond donors (Lipinski definition) is 0. The molecule has 218 valence electrons. The van der Waals surface area contributed by atoms with Crippen molar-refractivity contribution >= 4 is 34.9 Å². The molecule has 1 aliphatic heterocycles. The lowest BCUT2D eigenvalue weighted by Crippen LogP contribution is -2.43. The van der Waals surface area contributed by atoms with Crippen LogP contribution in [0.15, 0.2) is 64.3 Å². The summed E-state index contributed by atoms with van der Waals surface area (Å²) < 4.78 is 1.80. The van der Waals surface area contributed by atoms with E-state index in [9.17, 15) is 9.59 Å². The number of benzene rings is 2. The van der Waals surface area contributed by atoms with Crippen molar-refractivity contribution < 1.29 is 4.79 Å². The molecule has 4 aromatic rings. The van der Waals surface area contributed by atoms with Gasteiger partial charge in [-0.2, -0.15) is 0 Å². The number of piperidine rings is 1. The summed E-state index contributed by atoms with van der Waals surface area (Å²) >= 11 is 7.53. The smallest absolute Gasteiger partial charge is 0.265 e. The molecule has 0 spiro atoms. The highest BCUT2D eigenvalue weighted by atomic mass is 35.5. The number of nitrogens with zero attached hydrogens (tertiary/aromatic N) is 3. The predicted molar refractivity (Wildman–Crippen MR) is 176 cm³/mol. The van der Waals surface area contributed by atoms with Crippen LogP contribution >= 0.6 is 22.9 Å². The Morgan fingerprint density at radius 3 is 2.38 bits per heavy atom. The molecule has 1 amide bonds. The number of aryl methyl sites for hydroxylation is 2. The van der Waals surface area contributed by atoms with Gasteiger partial charge in [0, 0.05) is 28.6 Å². The number of carbonyl (C=O) groups is 1. The number of thiazole rings is 1. The van der Waals surface area contributed by atoms with Gasteiger partial charge in [0.25, 0.3) is 11.5 Å². The number of para-hydroxylation sites is 1. The average molecular weight is 600 g/mol. The summed E-state index contributed by atoms with van der Waals surface area (Å²) in [6, 6.07) is 15.7. The molecule has 5 rings (SSSR count). The van der Waals surface area contributed by atoms with Crippen molar-refractivity contribution in [2.45, 2.75) is 72.8 Å². The van der Waals surface area contributed by atoms with Crippen LogP contribution in [-0.2, 0) is 12.8 Å². The van der Waals surface area contributed by atoms with E-state index >= 15 is 0 Å². The van der Waals surface area contributed by atoms with Crippen LogP contribution in [0.25, 0.3) is 33.6 Å². The Kier molecular flexibility index (Phi) is 9.14. The maximum atomic E-state index is 14.7. The zero-order valence-corrected chi connectivity index (χ0v) is 26.6. The van der Waals surface area contributed by atoms with Crippen molar-refractivity contribution in [3.05, 3.63) is 97.2 Å². The van der Waals surface area contributed by atoms with Gasteiger partial charge in [-0.25, -0.2) is 4.98 Å². The first kappa shape index (κ1) is 30.0. The van der Waals surface area contributed by atoms with Crippen molar-refractivity contribution in [3.8, 4) is 27.5 Å². The summed E-state index contributed by atoms with van der Waals surface area (Å²) in [5.74, 6) is -0.0359. The van der Waals surface area contributed by atoms with E-state index in [1.165, 1.54) is 11.3 Å². The second kappa shape index (κ2) is 12.8. The third-order valence-electron chi connectivity index (χ3n) is 8.02. The lowest BCUT2D eigenvalue weighted by atomic mass is 9.98. The molecule has 2 aromatic carbocycles. The number of halogens is 1. The maximum Gasteiger partial charge on any atom is 0.265 e. The number of hydrogen-bond acceptors (Lipinski definition) is 4. The number of likely N-dealkylation sites (tertiary alicyclic amines) is 1. The highest BCUT2D eigenvalue weighted by molar-refractivity contribution is 7.13. The minimum atomic E-state index is -0.168. The normalized spacial score (nSPS) is 15.1. The van der Waals surface area contributed by atoms with Crippen molar-refractivity contribution in [2.75, 3.05) is 6.54 Å². The van der Waals surface area contributed by atoms with Crippen LogP contribution in [0, 0.1) is 0 Å². The summed E-state index contributed by atoms with van der Waals surface area (Å²) in [5, 5.41) is 3.21. The molecule has 0 aliphatic carbocycles. The van der Waals surface area contributed by atoms with Crippen molar-refractivity contribution in [2.24, 2.45) is 0 Å². The molecule has 42 heavy (non-hydrogen) atoms. The van der Waals surface area contributed by atoms with E-state index in [4.69, 9.17) is 16.6 Å². The van der Waals surface area contributed by atoms with Gasteiger partial charge in [-0.1, -0.05) is 61.4 Å². The van der Waals surface area contributed by atoms with Crippen molar-refractivity contribution in [1.82, 2.24) is 14.5 Å². The first-order valence-corrected chi connectivity index (χ1v) is 16.1. The Labute approximate surface area is 257 Å². The van der Waals surface area contributed by atoms with E-state index < -0.39 is 0 Å². The van der Waals surface area contributed by atoms with Crippen LogP contribution in [0.3, 0.4) is 0 Å². The van der Waals surface area contributed by atoms with Gasteiger partial charge >= 0.3 is 0 Å². The lowest BCUT2D eigenvalue weighted by molar-refractivity contribution is 0.0634. The van der Waals surface area contributed by atoms with Crippen molar-refractivity contribution in [1.29, 1.82) is 0 Å². The summed E-state index contributed by atoms with van der Waals surface area (Å²) in [7, 11) is 0. The second-order valence-corrected chi connectivity index (χ2v) is 12.5. The van der Waals surface area contributed by atoms with E-state index in [-0.39, 0.29) is 17.5 Å². The van der Waals surface area contributed by atoms with Gasteiger partial charge in [0.15, 0.2) is 0 Å². The van der Waals surface area contributed by atoms with E-state index in [0.717, 1.165) is 65.7 Å². The van der Waals surface area contributed by atoms with Crippen LogP contribution in [0.4, 0.5) is 0 Å². The third-order valence-corrected chi connectivity index (χ3v) is 9.15. The topological polar surface area (TPSA) is 55.2 Å². The van der Waals surface area contributed by atoms with Gasteiger partial charge in [-0.15, -0.1) is 11.3 Å². The van der Waals surface area contributed by atoms with Gasteiger partial charge < -0.3 is 4.90 Å². The number of carbonyl (C=O) groups excluding carboxylic acids is 1. The molecule has 2 aromatic heterocycles. The van der Waals surface area contributed by atoms with Crippen LogP contribution < -0.4 is 5.56 Å². The van der Waals surface area contributed by atoms with Crippen LogP contribution in [0.2, 0.25) is 5.02 Å². The largest absolute Gasteiger partial charge is 0.336 e. The Hall–Kier alpha value is -3.48. The summed E-state index contributed by atoms with van der Waals surface area (Å²) in [5.41, 5.74) is 7.17. The molecule has 1 aliphatic rings. The molecule has 5 nitrogen and oxygen atoms in total. The Balaban J connectivity index is 1.83. The molecule has 0 N–H and O–H groups in total. The number of aromatic nitrogens is 2. The molecule has 0 radical (unpaired) electrons. The molecule has 7 heteroatoms. The fraction of sp³-hybridized carbons (Fsp3) is 0.343. The van der Waals surface area contributed by atoms with Gasteiger partial charge in [-0.3, -0.25) is 14.2 Å². The monoisotopic (exact) mass is 599 g/mol. The first-order valence-electron chi connectivity index (χ1n) is 14.8. The maximum absolute atomic E-state index is 14.7. The molecule has 3 heterocycles. The summed E-state index contributed by atoms with van der Waals surface area (Å²) in [6.45, 7) is 11.1. The van der Waals surface area contributed by atoms with Crippen molar-refractivity contribution in [3.63, 3.8) is 0 Å². The second-order valence-electron chi connectivity index (χ2n) is 11.2. The fourth-order valence-corrected chi connectivity index (χ4v) is 6.76. The predicted octanol–water partition coefficient (Wildman–Crippen LogP) is 8.84. The highest BCUT2D eigenvalue weighted by Gasteiger charge is 2.30. The lowest BCUT2D eigenvalue weighted by Gasteiger charge is -2.34. The zero-order chi connectivity index (χ0) is 30.0. The molecular weight excluding hydrogens is 562 g/mol. The SMILES string of the molecule is CCc1cccc(CC)c1-n1c(C=C(C)C)c(C(=O)N2CCCCC2C)cc(-c2nc(-c3ccc(Cl)cc3)cs2)c1=O. The standard InChI is InChI=1S/C35H38ClN3O2S/c1-6-24-12-10-13-25(7-2)32(24)39-31(19-22(3)4)28(34(40)38-18-9-8-11-23(38)5)20-29(35(39)41)33-37-30(21-42-33)26-14-16-27(36)17-15-26/h10,12-17,19-21,23H,6-9,11,18H2,1-5H3. The highest BCUT2D eigenvalue weighted by Crippen LogP contribution is 2.33. The Morgan fingerprint density at radius 1 is 1.07 bits per heavy atom. The number of amides is 1. The number of allylic oxidation sites excluding steroid dienone is 1. The van der Waals surface area contributed by atoms with Crippen LogP contribution in [0.1, 0.15) is 81.1 Å². The van der Waals surface area contributed by atoms with E-state index in [1.54, 1.807) is 10.6 Å². The van der Waals surface area contributed by atoms with Gasteiger partial charge in [0.05, 0.1) is 28.2 Å². The van der Waals surface area contributed by atoms with Gasteiger partial charge in [0.1, 0.15) is 5.01 Å². The third kappa shape index (κ3) is 5.88. The minimum Gasteiger partial charge on any atom is -0.336 e. The Morgan fingerprint density at radius 2 is 1.76 bits per heavy atom.